The molecule has 0 spiro atoms. The molecule has 0 unspecified atom stereocenters. The molecule has 4 rings (SSSR count). The van der Waals surface area contributed by atoms with Gasteiger partial charge in [0.05, 0.1) is 11.0 Å². The summed E-state index contributed by atoms with van der Waals surface area (Å²) in [6, 6.07) is 17.2. The molecule has 0 radical (unpaired) electrons. The Kier molecular flexibility index (Phi) is 4.70. The standard InChI is InChI=1S/C22H15N7O2/c1-12(21-26-16-7-3-4-8-17(16)27-21)28-29-20(25)14(10-23)19(15(11-24)22(29)31)13-6-2-5-9-18(13)30/h2-9,30H,25H2,1H3,(H,26,27). The Balaban J connectivity index is 1.97. The molecule has 2 heterocycles. The third kappa shape index (κ3) is 3.16. The monoisotopic (exact) mass is 409 g/mol. The fraction of sp³-hybridized carbons (Fsp3) is 0.0455. The Hall–Kier alpha value is -4.89. The van der Waals surface area contributed by atoms with E-state index in [-0.39, 0.29) is 33.8 Å². The molecular weight excluding hydrogens is 394 g/mol. The van der Waals surface area contributed by atoms with Gasteiger partial charge < -0.3 is 15.8 Å². The molecule has 0 aliphatic rings. The van der Waals surface area contributed by atoms with Crippen molar-refractivity contribution >= 4 is 22.6 Å². The maximum Gasteiger partial charge on any atom is 0.291 e. The van der Waals surface area contributed by atoms with E-state index in [0.717, 1.165) is 15.7 Å². The molecule has 0 amide bonds. The minimum absolute atomic E-state index is 0.0292. The van der Waals surface area contributed by atoms with Gasteiger partial charge in [0.1, 0.15) is 40.5 Å². The van der Waals surface area contributed by atoms with Crippen LogP contribution in [0.25, 0.3) is 22.2 Å². The van der Waals surface area contributed by atoms with Crippen LogP contribution < -0.4 is 11.3 Å². The number of nitrogens with zero attached hydrogens (tertiary/aromatic N) is 5. The number of H-pyrrole nitrogens is 1. The zero-order valence-electron chi connectivity index (χ0n) is 16.3. The molecule has 0 saturated carbocycles. The van der Waals surface area contributed by atoms with E-state index < -0.39 is 5.56 Å². The van der Waals surface area contributed by atoms with Crippen molar-refractivity contribution in [2.24, 2.45) is 5.10 Å². The van der Waals surface area contributed by atoms with E-state index in [4.69, 9.17) is 5.73 Å². The largest absolute Gasteiger partial charge is 0.507 e. The summed E-state index contributed by atoms with van der Waals surface area (Å²) in [4.78, 5) is 20.6. The van der Waals surface area contributed by atoms with Gasteiger partial charge in [-0.25, -0.2) is 4.98 Å². The number of nitriles is 2. The molecule has 0 fully saturated rings. The quantitative estimate of drug-likeness (QED) is 0.442. The van der Waals surface area contributed by atoms with Gasteiger partial charge in [-0.15, -0.1) is 0 Å². The number of phenolic OH excluding ortho intramolecular Hbond substituents is 1. The molecule has 31 heavy (non-hydrogen) atoms. The Morgan fingerprint density at radius 2 is 1.81 bits per heavy atom. The van der Waals surface area contributed by atoms with Crippen LogP contribution in [0.2, 0.25) is 0 Å². The van der Waals surface area contributed by atoms with Gasteiger partial charge in [-0.1, -0.05) is 30.3 Å². The third-order valence-electron chi connectivity index (χ3n) is 4.77. The number of rotatable bonds is 3. The second-order valence-corrected chi connectivity index (χ2v) is 6.66. The maximum absolute atomic E-state index is 13.1. The van der Waals surface area contributed by atoms with Crippen LogP contribution >= 0.6 is 0 Å². The van der Waals surface area contributed by atoms with Crippen LogP contribution in [0.15, 0.2) is 58.4 Å². The van der Waals surface area contributed by atoms with Crippen molar-refractivity contribution in [3.05, 3.63) is 75.8 Å². The molecule has 0 bridgehead atoms. The number of aromatic amines is 1. The van der Waals surface area contributed by atoms with Gasteiger partial charge in [-0.3, -0.25) is 4.79 Å². The number of nitrogens with two attached hydrogens (primary N) is 1. The predicted octanol–water partition coefficient (Wildman–Crippen LogP) is 2.70. The second-order valence-electron chi connectivity index (χ2n) is 6.66. The van der Waals surface area contributed by atoms with Crippen molar-refractivity contribution in [1.29, 1.82) is 10.5 Å². The number of nitrogens with one attached hydrogen (secondary N) is 1. The first-order valence-corrected chi connectivity index (χ1v) is 9.14. The smallest absolute Gasteiger partial charge is 0.291 e. The predicted molar refractivity (Wildman–Crippen MR) is 115 cm³/mol. The first-order valence-electron chi connectivity index (χ1n) is 9.14. The molecule has 2 aromatic heterocycles. The van der Waals surface area contributed by atoms with Crippen molar-refractivity contribution in [2.45, 2.75) is 6.92 Å². The van der Waals surface area contributed by atoms with E-state index in [1.807, 2.05) is 36.4 Å². The van der Waals surface area contributed by atoms with Crippen LogP contribution in [-0.2, 0) is 0 Å². The lowest BCUT2D eigenvalue weighted by Crippen LogP contribution is -2.26. The molecule has 9 nitrogen and oxygen atoms in total. The summed E-state index contributed by atoms with van der Waals surface area (Å²) in [7, 11) is 0. The molecule has 2 aromatic carbocycles. The number of aromatic nitrogens is 3. The van der Waals surface area contributed by atoms with E-state index in [2.05, 4.69) is 15.1 Å². The SMILES string of the molecule is CC(=Nn1c(N)c(C#N)c(-c2ccccc2O)c(C#N)c1=O)c1nc2ccccc2[nH]1. The molecule has 0 atom stereocenters. The minimum Gasteiger partial charge on any atom is -0.507 e. The zero-order valence-corrected chi connectivity index (χ0v) is 16.3. The number of fused-ring (bicyclic) bond motifs is 1. The van der Waals surface area contributed by atoms with Crippen LogP contribution in [0.4, 0.5) is 5.82 Å². The summed E-state index contributed by atoms with van der Waals surface area (Å²) in [5, 5.41) is 33.8. The molecule has 0 saturated heterocycles. The average molecular weight is 409 g/mol. The van der Waals surface area contributed by atoms with Gasteiger partial charge in [0.2, 0.25) is 0 Å². The number of aromatic hydroxyl groups is 1. The first-order chi connectivity index (χ1) is 15.0. The van der Waals surface area contributed by atoms with E-state index in [9.17, 15) is 20.4 Å². The fourth-order valence-corrected chi connectivity index (χ4v) is 3.27. The van der Waals surface area contributed by atoms with Crippen LogP contribution in [0.1, 0.15) is 23.9 Å². The average Bonchev–Trinajstić information content (AvgIpc) is 3.21. The summed E-state index contributed by atoms with van der Waals surface area (Å²) in [6.45, 7) is 1.62. The number of para-hydroxylation sites is 3. The van der Waals surface area contributed by atoms with Crippen LogP contribution in [0.5, 0.6) is 5.75 Å². The summed E-state index contributed by atoms with van der Waals surface area (Å²) in [6.07, 6.45) is 0. The lowest BCUT2D eigenvalue weighted by Gasteiger charge is -2.13. The van der Waals surface area contributed by atoms with Crippen molar-refractivity contribution in [3.8, 4) is 29.0 Å². The number of phenols is 1. The summed E-state index contributed by atoms with van der Waals surface area (Å²) in [5.41, 5.74) is 6.78. The minimum atomic E-state index is -0.812. The summed E-state index contributed by atoms with van der Waals surface area (Å²) in [5.74, 6) is -0.0245. The van der Waals surface area contributed by atoms with E-state index in [1.165, 1.54) is 12.1 Å². The van der Waals surface area contributed by atoms with Gasteiger partial charge in [-0.05, 0) is 25.1 Å². The molecule has 0 aliphatic heterocycles. The lowest BCUT2D eigenvalue weighted by atomic mass is 9.96. The zero-order chi connectivity index (χ0) is 22.1. The molecule has 150 valence electrons. The summed E-state index contributed by atoms with van der Waals surface area (Å²) < 4.78 is 0.809. The van der Waals surface area contributed by atoms with Crippen LogP contribution in [0, 0.1) is 22.7 Å². The van der Waals surface area contributed by atoms with E-state index in [1.54, 1.807) is 19.1 Å². The van der Waals surface area contributed by atoms with E-state index in [0.29, 0.717) is 11.5 Å². The number of nitrogen functional groups attached to an aromatic ring is 1. The Morgan fingerprint density at radius 3 is 2.48 bits per heavy atom. The number of hydrogen-bond acceptors (Lipinski definition) is 7. The van der Waals surface area contributed by atoms with Crippen molar-refractivity contribution in [2.75, 3.05) is 5.73 Å². The first kappa shape index (κ1) is 19.4. The Bertz CT molecular complexity index is 1480. The normalized spacial score (nSPS) is 11.3. The lowest BCUT2D eigenvalue weighted by molar-refractivity contribution is 0.477. The number of hydrogen-bond donors (Lipinski definition) is 3. The second kappa shape index (κ2) is 7.50. The molecule has 4 aromatic rings. The fourth-order valence-electron chi connectivity index (χ4n) is 3.27. The van der Waals surface area contributed by atoms with Crippen molar-refractivity contribution < 1.29 is 5.11 Å². The number of anilines is 1. The highest BCUT2D eigenvalue weighted by Gasteiger charge is 2.23. The van der Waals surface area contributed by atoms with Crippen molar-refractivity contribution in [3.63, 3.8) is 0 Å². The maximum atomic E-state index is 13.1. The number of pyridine rings is 1. The van der Waals surface area contributed by atoms with Gasteiger partial charge in [0.15, 0.2) is 5.82 Å². The highest BCUT2D eigenvalue weighted by atomic mass is 16.3. The molecule has 4 N–H and O–H groups in total. The molecule has 0 aliphatic carbocycles. The highest BCUT2D eigenvalue weighted by molar-refractivity contribution is 5.98. The van der Waals surface area contributed by atoms with Gasteiger partial charge in [-0.2, -0.15) is 20.3 Å². The van der Waals surface area contributed by atoms with E-state index >= 15 is 0 Å². The third-order valence-corrected chi connectivity index (χ3v) is 4.77. The number of benzene rings is 2. The van der Waals surface area contributed by atoms with Crippen molar-refractivity contribution in [1.82, 2.24) is 14.6 Å². The van der Waals surface area contributed by atoms with Gasteiger partial charge >= 0.3 is 0 Å². The van der Waals surface area contributed by atoms with Gasteiger partial charge in [0.25, 0.3) is 5.56 Å². The molecule has 9 heteroatoms. The van der Waals surface area contributed by atoms with Crippen LogP contribution in [-0.4, -0.2) is 25.5 Å². The van der Waals surface area contributed by atoms with Crippen LogP contribution in [0.3, 0.4) is 0 Å². The Morgan fingerprint density at radius 1 is 1.13 bits per heavy atom. The number of imidazole rings is 1. The Labute approximate surface area is 175 Å². The highest BCUT2D eigenvalue weighted by Crippen LogP contribution is 2.34. The molecular formula is C22H15N7O2. The summed E-state index contributed by atoms with van der Waals surface area (Å²) >= 11 is 0. The van der Waals surface area contributed by atoms with Gasteiger partial charge in [0, 0.05) is 11.1 Å². The topological polar surface area (TPSA) is 157 Å².